The highest BCUT2D eigenvalue weighted by Gasteiger charge is 2.30. The first kappa shape index (κ1) is 10.0. The molecule has 1 N–H and O–H groups in total. The van der Waals surface area contributed by atoms with Crippen LogP contribution in [0.1, 0.15) is 45.4 Å². The second-order valence-corrected chi connectivity index (χ2v) is 4.85. The van der Waals surface area contributed by atoms with Gasteiger partial charge >= 0.3 is 0 Å². The van der Waals surface area contributed by atoms with E-state index in [9.17, 15) is 0 Å². The minimum atomic E-state index is 0.633. The van der Waals surface area contributed by atoms with Crippen LogP contribution in [-0.2, 0) is 0 Å². The topological polar surface area (TPSA) is 27.1 Å². The lowest BCUT2D eigenvalue weighted by Gasteiger charge is -2.23. The number of rotatable bonds is 2. The van der Waals surface area contributed by atoms with Gasteiger partial charge in [0.2, 0.25) is 0 Å². The Hall–Kier alpha value is -0.530. The van der Waals surface area contributed by atoms with E-state index in [-0.39, 0.29) is 0 Å². The van der Waals surface area contributed by atoms with Crippen LogP contribution < -0.4 is 0 Å². The first-order valence-corrected chi connectivity index (χ1v) is 6.14. The maximum Gasteiger partial charge on any atom is 0.0989 e. The molecule has 0 aromatic heterocycles. The quantitative estimate of drug-likeness (QED) is 0.531. The molecule has 1 saturated heterocycles. The summed E-state index contributed by atoms with van der Waals surface area (Å²) >= 11 is 0. The Balaban J connectivity index is 1.84. The molecule has 1 atom stereocenters. The third kappa shape index (κ3) is 2.28. The van der Waals surface area contributed by atoms with Crippen LogP contribution in [0.4, 0.5) is 0 Å². The molecule has 80 valence electrons. The lowest BCUT2D eigenvalue weighted by Crippen LogP contribution is -2.32. The lowest BCUT2D eigenvalue weighted by atomic mass is 9.98. The summed E-state index contributed by atoms with van der Waals surface area (Å²) in [7, 11) is 0. The molecule has 0 spiro atoms. The van der Waals surface area contributed by atoms with E-state index in [0.29, 0.717) is 5.92 Å². The molecular formula is C12H22N2. The van der Waals surface area contributed by atoms with E-state index in [1.165, 1.54) is 38.5 Å². The van der Waals surface area contributed by atoms with Crippen molar-refractivity contribution < 1.29 is 0 Å². The minimum absolute atomic E-state index is 0.633. The first-order valence-electron chi connectivity index (χ1n) is 6.14. The fourth-order valence-corrected chi connectivity index (χ4v) is 2.43. The van der Waals surface area contributed by atoms with Crippen molar-refractivity contribution in [2.75, 3.05) is 13.1 Å². The van der Waals surface area contributed by atoms with Crippen molar-refractivity contribution in [1.82, 2.24) is 4.90 Å². The van der Waals surface area contributed by atoms with Gasteiger partial charge in [-0.25, -0.2) is 0 Å². The third-order valence-corrected chi connectivity index (χ3v) is 3.73. The summed E-state index contributed by atoms with van der Waals surface area (Å²) in [6.45, 7) is 4.59. The first-order chi connectivity index (χ1) is 6.81. The molecule has 1 heterocycles. The van der Waals surface area contributed by atoms with E-state index in [1.54, 1.807) is 0 Å². The van der Waals surface area contributed by atoms with Gasteiger partial charge in [0.05, 0.1) is 5.84 Å². The summed E-state index contributed by atoms with van der Waals surface area (Å²) in [4.78, 5) is 2.34. The Labute approximate surface area is 87.2 Å². The minimum Gasteiger partial charge on any atom is -0.360 e. The summed E-state index contributed by atoms with van der Waals surface area (Å²) in [5, 5.41) is 8.05. The van der Waals surface area contributed by atoms with Gasteiger partial charge in [0.1, 0.15) is 0 Å². The van der Waals surface area contributed by atoms with Gasteiger partial charge in [-0.15, -0.1) is 0 Å². The number of amidine groups is 1. The standard InChI is InChI=1S/C12H22N2/c1-2-10-4-3-8-14(9-7-10)12(13)11-5-6-11/h10-11,13H,2-9H2,1H3. The SMILES string of the molecule is CCC1CCCN(C(=N)C2CC2)CC1. The van der Waals surface area contributed by atoms with Crippen molar-refractivity contribution in [1.29, 1.82) is 5.41 Å². The lowest BCUT2D eigenvalue weighted by molar-refractivity contribution is 0.402. The Bertz CT molecular complexity index is 208. The fourth-order valence-electron chi connectivity index (χ4n) is 2.43. The van der Waals surface area contributed by atoms with Gasteiger partial charge in [0.25, 0.3) is 0 Å². The van der Waals surface area contributed by atoms with Crippen molar-refractivity contribution in [2.24, 2.45) is 11.8 Å². The van der Waals surface area contributed by atoms with Crippen molar-refractivity contribution in [3.8, 4) is 0 Å². The molecule has 2 aliphatic rings. The average Bonchev–Trinajstić information content (AvgIpc) is 3.03. The highest BCUT2D eigenvalue weighted by molar-refractivity contribution is 5.83. The van der Waals surface area contributed by atoms with Crippen molar-refractivity contribution >= 4 is 5.84 Å². The molecule has 14 heavy (non-hydrogen) atoms. The summed E-state index contributed by atoms with van der Waals surface area (Å²) in [6.07, 6.45) is 7.85. The van der Waals surface area contributed by atoms with E-state index in [4.69, 9.17) is 5.41 Å². The molecular weight excluding hydrogens is 172 g/mol. The highest BCUT2D eigenvalue weighted by atomic mass is 15.2. The Morgan fingerprint density at radius 1 is 1.21 bits per heavy atom. The normalized spacial score (nSPS) is 28.6. The summed E-state index contributed by atoms with van der Waals surface area (Å²) in [6, 6.07) is 0. The Kier molecular flexibility index (Phi) is 3.09. The van der Waals surface area contributed by atoms with Gasteiger partial charge in [-0.05, 0) is 38.0 Å². The van der Waals surface area contributed by atoms with Crippen LogP contribution >= 0.6 is 0 Å². The highest BCUT2D eigenvalue weighted by Crippen LogP contribution is 2.32. The van der Waals surface area contributed by atoms with Crippen LogP contribution in [0, 0.1) is 17.2 Å². The molecule has 1 aliphatic heterocycles. The number of hydrogen-bond acceptors (Lipinski definition) is 1. The monoisotopic (exact) mass is 194 g/mol. The Morgan fingerprint density at radius 2 is 2.00 bits per heavy atom. The summed E-state index contributed by atoms with van der Waals surface area (Å²) in [5.41, 5.74) is 0. The zero-order valence-electron chi connectivity index (χ0n) is 9.26. The van der Waals surface area contributed by atoms with E-state index in [2.05, 4.69) is 11.8 Å². The van der Waals surface area contributed by atoms with E-state index in [0.717, 1.165) is 24.8 Å². The van der Waals surface area contributed by atoms with Crippen LogP contribution in [0.5, 0.6) is 0 Å². The largest absolute Gasteiger partial charge is 0.360 e. The van der Waals surface area contributed by atoms with Gasteiger partial charge in [0, 0.05) is 19.0 Å². The van der Waals surface area contributed by atoms with Crippen LogP contribution in [0.25, 0.3) is 0 Å². The molecule has 2 rings (SSSR count). The number of nitrogens with zero attached hydrogens (tertiary/aromatic N) is 1. The van der Waals surface area contributed by atoms with Crippen LogP contribution in [0.15, 0.2) is 0 Å². The van der Waals surface area contributed by atoms with Crippen LogP contribution in [-0.4, -0.2) is 23.8 Å². The second-order valence-electron chi connectivity index (χ2n) is 4.85. The van der Waals surface area contributed by atoms with Gasteiger partial charge in [0.15, 0.2) is 0 Å². The zero-order chi connectivity index (χ0) is 9.97. The zero-order valence-corrected chi connectivity index (χ0v) is 9.26. The van der Waals surface area contributed by atoms with Gasteiger partial charge in [-0.2, -0.15) is 0 Å². The molecule has 2 fully saturated rings. The number of nitrogens with one attached hydrogen (secondary N) is 1. The molecule has 0 aromatic carbocycles. The molecule has 2 heteroatoms. The van der Waals surface area contributed by atoms with Gasteiger partial charge in [-0.1, -0.05) is 13.3 Å². The van der Waals surface area contributed by atoms with Crippen molar-refractivity contribution in [3.63, 3.8) is 0 Å². The molecule has 0 aromatic rings. The maximum absolute atomic E-state index is 8.05. The van der Waals surface area contributed by atoms with E-state index >= 15 is 0 Å². The predicted octanol–water partition coefficient (Wildman–Crippen LogP) is 2.89. The van der Waals surface area contributed by atoms with E-state index < -0.39 is 0 Å². The fraction of sp³-hybridized carbons (Fsp3) is 0.917. The summed E-state index contributed by atoms with van der Waals surface area (Å²) < 4.78 is 0. The number of hydrogen-bond donors (Lipinski definition) is 1. The molecule has 1 saturated carbocycles. The third-order valence-electron chi connectivity index (χ3n) is 3.73. The molecule has 0 radical (unpaired) electrons. The molecule has 0 amide bonds. The van der Waals surface area contributed by atoms with Crippen molar-refractivity contribution in [2.45, 2.75) is 45.4 Å². The molecule has 1 aliphatic carbocycles. The van der Waals surface area contributed by atoms with Crippen molar-refractivity contribution in [3.05, 3.63) is 0 Å². The average molecular weight is 194 g/mol. The predicted molar refractivity (Wildman–Crippen MR) is 59.7 cm³/mol. The van der Waals surface area contributed by atoms with Gasteiger partial charge < -0.3 is 4.90 Å². The smallest absolute Gasteiger partial charge is 0.0989 e. The molecule has 1 unspecified atom stereocenters. The number of likely N-dealkylation sites (tertiary alicyclic amines) is 1. The summed E-state index contributed by atoms with van der Waals surface area (Å²) in [5.74, 6) is 2.50. The Morgan fingerprint density at radius 3 is 2.64 bits per heavy atom. The maximum atomic E-state index is 8.05. The van der Waals surface area contributed by atoms with Gasteiger partial charge in [-0.3, -0.25) is 5.41 Å². The second kappa shape index (κ2) is 4.33. The van der Waals surface area contributed by atoms with E-state index in [1.807, 2.05) is 0 Å². The van der Waals surface area contributed by atoms with Crippen LogP contribution in [0.2, 0.25) is 0 Å². The molecule has 0 bridgehead atoms. The molecule has 2 nitrogen and oxygen atoms in total. The van der Waals surface area contributed by atoms with Crippen LogP contribution in [0.3, 0.4) is 0 Å².